The monoisotopic (exact) mass is 398 g/mol. The molecule has 1 saturated heterocycles. The Balaban J connectivity index is 1.50. The number of hydrogen-bond donors (Lipinski definition) is 0. The summed E-state index contributed by atoms with van der Waals surface area (Å²) in [5, 5.41) is 0.749. The largest absolute Gasteiger partial charge is 0.349 e. The molecule has 0 unspecified atom stereocenters. The molecular formula is C21H26N4O2S. The lowest BCUT2D eigenvalue weighted by Gasteiger charge is -2.30. The van der Waals surface area contributed by atoms with Crippen LogP contribution in [0, 0.1) is 5.92 Å². The van der Waals surface area contributed by atoms with Gasteiger partial charge in [0.25, 0.3) is 0 Å². The Kier molecular flexibility index (Phi) is 5.80. The second-order valence-corrected chi connectivity index (χ2v) is 8.74. The average Bonchev–Trinajstić information content (AvgIpc) is 3.20. The molecule has 7 heteroatoms. The topological polar surface area (TPSA) is 68.1 Å². The highest BCUT2D eigenvalue weighted by atomic mass is 32.2. The van der Waals surface area contributed by atoms with Gasteiger partial charge in [-0.15, -0.1) is 0 Å². The average molecular weight is 399 g/mol. The van der Waals surface area contributed by atoms with Gasteiger partial charge in [-0.25, -0.2) is 4.79 Å². The van der Waals surface area contributed by atoms with E-state index in [0.29, 0.717) is 18.2 Å². The Hall–Kier alpha value is -2.15. The summed E-state index contributed by atoms with van der Waals surface area (Å²) in [5.74, 6) is 1.22. The predicted octanol–water partition coefficient (Wildman–Crippen LogP) is 2.53. The van der Waals surface area contributed by atoms with Crippen LogP contribution in [0.25, 0.3) is 0 Å². The predicted molar refractivity (Wildman–Crippen MR) is 110 cm³/mol. The number of rotatable bonds is 5. The molecular weight excluding hydrogens is 372 g/mol. The first-order chi connectivity index (χ1) is 13.6. The molecule has 0 N–H and O–H groups in total. The van der Waals surface area contributed by atoms with Gasteiger partial charge in [0.1, 0.15) is 5.03 Å². The zero-order chi connectivity index (χ0) is 19.5. The first-order valence-corrected chi connectivity index (χ1v) is 11.0. The van der Waals surface area contributed by atoms with Crippen molar-refractivity contribution < 1.29 is 4.79 Å². The van der Waals surface area contributed by atoms with Crippen molar-refractivity contribution >= 4 is 17.7 Å². The normalized spacial score (nSPS) is 17.0. The number of carbonyl (C=O) groups is 1. The first-order valence-electron chi connectivity index (χ1n) is 10.0. The zero-order valence-electron chi connectivity index (χ0n) is 16.3. The van der Waals surface area contributed by atoms with E-state index < -0.39 is 0 Å². The SMILES string of the molecule is CC1CCN(C(=O)CSc2nc(=O)n(Cc3cccnc3)c3c2CCC3)CC1. The van der Waals surface area contributed by atoms with Crippen molar-refractivity contribution in [1.82, 2.24) is 19.4 Å². The van der Waals surface area contributed by atoms with Gasteiger partial charge < -0.3 is 4.90 Å². The number of amides is 1. The van der Waals surface area contributed by atoms with E-state index >= 15 is 0 Å². The number of carbonyl (C=O) groups excluding carboxylic acids is 1. The summed E-state index contributed by atoms with van der Waals surface area (Å²) in [6.45, 7) is 4.43. The fourth-order valence-electron chi connectivity index (χ4n) is 4.02. The number of likely N-dealkylation sites (tertiary alicyclic amines) is 1. The molecule has 0 saturated carbocycles. The highest BCUT2D eigenvalue weighted by Crippen LogP contribution is 2.30. The number of nitrogens with zero attached hydrogens (tertiary/aromatic N) is 4. The zero-order valence-corrected chi connectivity index (χ0v) is 17.1. The molecule has 1 aliphatic heterocycles. The van der Waals surface area contributed by atoms with E-state index in [4.69, 9.17) is 0 Å². The van der Waals surface area contributed by atoms with Crippen LogP contribution >= 0.6 is 11.8 Å². The van der Waals surface area contributed by atoms with Gasteiger partial charge in [0.2, 0.25) is 5.91 Å². The molecule has 1 aliphatic carbocycles. The van der Waals surface area contributed by atoms with Crippen molar-refractivity contribution in [3.63, 3.8) is 0 Å². The van der Waals surface area contributed by atoms with Crippen LogP contribution in [0.2, 0.25) is 0 Å². The standard InChI is InChI=1S/C21H26N4O2S/c1-15-7-10-24(11-8-15)19(26)14-28-20-17-5-2-6-18(17)25(21(27)23-20)13-16-4-3-9-22-12-16/h3-4,9,12,15H,2,5-8,10-11,13-14H2,1H3. The Morgan fingerprint density at radius 2 is 2.11 bits per heavy atom. The van der Waals surface area contributed by atoms with Crippen LogP contribution < -0.4 is 5.69 Å². The van der Waals surface area contributed by atoms with Crippen LogP contribution in [0.5, 0.6) is 0 Å². The summed E-state index contributed by atoms with van der Waals surface area (Å²) in [7, 11) is 0. The second-order valence-electron chi connectivity index (χ2n) is 7.78. The van der Waals surface area contributed by atoms with E-state index in [9.17, 15) is 9.59 Å². The molecule has 28 heavy (non-hydrogen) atoms. The minimum Gasteiger partial charge on any atom is -0.342 e. The molecule has 2 aliphatic rings. The molecule has 3 heterocycles. The lowest BCUT2D eigenvalue weighted by atomic mass is 9.99. The number of thioether (sulfide) groups is 1. The van der Waals surface area contributed by atoms with Crippen molar-refractivity contribution in [2.24, 2.45) is 5.92 Å². The summed E-state index contributed by atoms with van der Waals surface area (Å²) < 4.78 is 1.78. The fraction of sp³-hybridized carbons (Fsp3) is 0.524. The number of pyridine rings is 1. The van der Waals surface area contributed by atoms with Gasteiger partial charge >= 0.3 is 5.69 Å². The second kappa shape index (κ2) is 8.47. The molecule has 0 spiro atoms. The molecule has 2 aromatic rings. The molecule has 0 atom stereocenters. The highest BCUT2D eigenvalue weighted by molar-refractivity contribution is 7.99. The van der Waals surface area contributed by atoms with Gasteiger partial charge in [0, 0.05) is 36.7 Å². The van der Waals surface area contributed by atoms with Gasteiger partial charge in [-0.2, -0.15) is 4.98 Å². The third-order valence-corrected chi connectivity index (χ3v) is 6.74. The van der Waals surface area contributed by atoms with Crippen molar-refractivity contribution in [3.05, 3.63) is 51.8 Å². The van der Waals surface area contributed by atoms with Crippen LogP contribution in [0.3, 0.4) is 0 Å². The number of fused-ring (bicyclic) bond motifs is 1. The van der Waals surface area contributed by atoms with E-state index in [-0.39, 0.29) is 11.6 Å². The lowest BCUT2D eigenvalue weighted by molar-refractivity contribution is -0.129. The smallest absolute Gasteiger partial charge is 0.342 e. The molecule has 4 rings (SSSR count). The summed E-state index contributed by atoms with van der Waals surface area (Å²) in [5.41, 5.74) is 2.99. The maximum Gasteiger partial charge on any atom is 0.349 e. The minimum atomic E-state index is -0.230. The molecule has 6 nitrogen and oxygen atoms in total. The van der Waals surface area contributed by atoms with Crippen LogP contribution in [-0.2, 0) is 24.2 Å². The summed E-state index contributed by atoms with van der Waals surface area (Å²) in [4.78, 5) is 35.7. The minimum absolute atomic E-state index is 0.157. The molecule has 0 bridgehead atoms. The lowest BCUT2D eigenvalue weighted by Crippen LogP contribution is -2.39. The number of piperidine rings is 1. The molecule has 2 aromatic heterocycles. The Labute approximate surface area is 169 Å². The first kappa shape index (κ1) is 19.2. The molecule has 0 radical (unpaired) electrons. The van der Waals surface area contributed by atoms with Gasteiger partial charge in [-0.3, -0.25) is 14.3 Å². The molecule has 148 valence electrons. The Bertz CT molecular complexity index is 905. The molecule has 1 amide bonds. The van der Waals surface area contributed by atoms with E-state index in [1.54, 1.807) is 17.0 Å². The molecule has 1 fully saturated rings. The third kappa shape index (κ3) is 4.14. The fourth-order valence-corrected chi connectivity index (χ4v) is 5.00. The van der Waals surface area contributed by atoms with E-state index in [1.807, 2.05) is 17.0 Å². The van der Waals surface area contributed by atoms with E-state index in [0.717, 1.165) is 67.0 Å². The maximum absolute atomic E-state index is 12.7. The highest BCUT2D eigenvalue weighted by Gasteiger charge is 2.24. The van der Waals surface area contributed by atoms with Crippen LogP contribution in [0.15, 0.2) is 34.3 Å². The van der Waals surface area contributed by atoms with Crippen molar-refractivity contribution in [3.8, 4) is 0 Å². The molecule has 0 aromatic carbocycles. The number of hydrogen-bond acceptors (Lipinski definition) is 5. The quantitative estimate of drug-likeness (QED) is 0.572. The van der Waals surface area contributed by atoms with Gasteiger partial charge in [0.15, 0.2) is 0 Å². The van der Waals surface area contributed by atoms with E-state index in [2.05, 4.69) is 16.9 Å². The summed E-state index contributed by atoms with van der Waals surface area (Å²) in [6.07, 6.45) is 8.51. The van der Waals surface area contributed by atoms with E-state index in [1.165, 1.54) is 11.8 Å². The Morgan fingerprint density at radius 1 is 1.29 bits per heavy atom. The van der Waals surface area contributed by atoms with Crippen molar-refractivity contribution in [2.75, 3.05) is 18.8 Å². The van der Waals surface area contributed by atoms with Crippen LogP contribution in [0.1, 0.15) is 43.0 Å². The van der Waals surface area contributed by atoms with Gasteiger partial charge in [-0.1, -0.05) is 24.8 Å². The van der Waals surface area contributed by atoms with Crippen LogP contribution in [0.4, 0.5) is 0 Å². The maximum atomic E-state index is 12.7. The van der Waals surface area contributed by atoms with Gasteiger partial charge in [-0.05, 0) is 49.7 Å². The van der Waals surface area contributed by atoms with Crippen LogP contribution in [-0.4, -0.2) is 44.2 Å². The van der Waals surface area contributed by atoms with Gasteiger partial charge in [0.05, 0.1) is 12.3 Å². The Morgan fingerprint density at radius 3 is 2.86 bits per heavy atom. The van der Waals surface area contributed by atoms with Crippen molar-refractivity contribution in [1.29, 1.82) is 0 Å². The number of aromatic nitrogens is 3. The van der Waals surface area contributed by atoms with Crippen molar-refractivity contribution in [2.45, 2.75) is 50.6 Å². The summed E-state index contributed by atoms with van der Waals surface area (Å²) in [6, 6.07) is 3.85. The summed E-state index contributed by atoms with van der Waals surface area (Å²) >= 11 is 1.43. The third-order valence-electron chi connectivity index (χ3n) is 5.73.